The van der Waals surface area contributed by atoms with Crippen molar-refractivity contribution in [1.82, 2.24) is 20.5 Å². The number of carbonyl (C=O) groups is 1. The van der Waals surface area contributed by atoms with E-state index >= 15 is 0 Å². The van der Waals surface area contributed by atoms with Crippen LogP contribution in [0.25, 0.3) is 0 Å². The molecule has 23 heavy (non-hydrogen) atoms. The maximum Gasteiger partial charge on any atom is 0.224 e. The van der Waals surface area contributed by atoms with Crippen molar-refractivity contribution >= 4 is 41.7 Å². The highest BCUT2D eigenvalue weighted by molar-refractivity contribution is 14.0. The van der Waals surface area contributed by atoms with E-state index in [4.69, 9.17) is 0 Å². The summed E-state index contributed by atoms with van der Waals surface area (Å²) in [5.74, 6) is 1.86. The molecule has 0 atom stereocenters. The molecule has 1 aromatic heterocycles. The molecule has 128 valence electrons. The molecule has 7 nitrogen and oxygen atoms in total. The topological polar surface area (TPSA) is 72.9 Å². The fourth-order valence-electron chi connectivity index (χ4n) is 2.45. The molecule has 1 aromatic rings. The predicted molar refractivity (Wildman–Crippen MR) is 103 cm³/mol. The lowest BCUT2D eigenvalue weighted by atomic mass is 10.2. The fraction of sp³-hybridized carbons (Fsp3) is 0.533. The largest absolute Gasteiger partial charge is 0.359 e. The number of halogens is 1. The molecular formula is C15H25IN6O. The first-order valence-electron chi connectivity index (χ1n) is 7.56. The number of hydrogen-bond acceptors (Lipinski definition) is 4. The SMILES string of the molecule is CN=C(NC)NCCC(=O)N1CCN(c2ccccn2)CC1.I. The molecule has 2 rings (SSSR count). The number of piperazine rings is 1. The molecule has 0 aliphatic carbocycles. The number of carbonyl (C=O) groups excluding carboxylic acids is 1. The Morgan fingerprint density at radius 1 is 1.30 bits per heavy atom. The lowest BCUT2D eigenvalue weighted by Crippen LogP contribution is -2.49. The molecule has 0 unspecified atom stereocenters. The Morgan fingerprint density at radius 2 is 2.04 bits per heavy atom. The highest BCUT2D eigenvalue weighted by Crippen LogP contribution is 2.12. The van der Waals surface area contributed by atoms with Crippen LogP contribution in [0.15, 0.2) is 29.4 Å². The zero-order valence-electron chi connectivity index (χ0n) is 13.7. The Morgan fingerprint density at radius 3 is 2.61 bits per heavy atom. The lowest BCUT2D eigenvalue weighted by Gasteiger charge is -2.35. The maximum absolute atomic E-state index is 12.2. The van der Waals surface area contributed by atoms with Crippen molar-refractivity contribution in [1.29, 1.82) is 0 Å². The van der Waals surface area contributed by atoms with E-state index in [-0.39, 0.29) is 29.9 Å². The molecule has 1 aliphatic rings. The minimum absolute atomic E-state index is 0. The number of pyridine rings is 1. The summed E-state index contributed by atoms with van der Waals surface area (Å²) in [7, 11) is 3.51. The van der Waals surface area contributed by atoms with Crippen molar-refractivity contribution < 1.29 is 4.79 Å². The third-order valence-electron chi connectivity index (χ3n) is 3.70. The van der Waals surface area contributed by atoms with E-state index in [1.165, 1.54) is 0 Å². The van der Waals surface area contributed by atoms with Gasteiger partial charge in [0.2, 0.25) is 5.91 Å². The Hall–Kier alpha value is -1.58. The second-order valence-corrected chi connectivity index (χ2v) is 5.05. The lowest BCUT2D eigenvalue weighted by molar-refractivity contribution is -0.131. The van der Waals surface area contributed by atoms with Gasteiger partial charge in [-0.2, -0.15) is 0 Å². The quantitative estimate of drug-likeness (QED) is 0.413. The average Bonchev–Trinajstić information content (AvgIpc) is 2.59. The molecule has 2 N–H and O–H groups in total. The molecule has 2 heterocycles. The van der Waals surface area contributed by atoms with Crippen molar-refractivity contribution in [2.45, 2.75) is 6.42 Å². The van der Waals surface area contributed by atoms with Crippen molar-refractivity contribution in [3.05, 3.63) is 24.4 Å². The summed E-state index contributed by atoms with van der Waals surface area (Å²) in [6.07, 6.45) is 2.28. The van der Waals surface area contributed by atoms with Gasteiger partial charge < -0.3 is 20.4 Å². The maximum atomic E-state index is 12.2. The van der Waals surface area contributed by atoms with Crippen LogP contribution in [0.2, 0.25) is 0 Å². The van der Waals surface area contributed by atoms with Crippen molar-refractivity contribution in [2.24, 2.45) is 4.99 Å². The second kappa shape index (κ2) is 10.2. The summed E-state index contributed by atoms with van der Waals surface area (Å²) in [6, 6.07) is 5.90. The number of aromatic nitrogens is 1. The van der Waals surface area contributed by atoms with Crippen LogP contribution in [0.4, 0.5) is 5.82 Å². The summed E-state index contributed by atoms with van der Waals surface area (Å²) in [4.78, 5) is 24.7. The Balaban J connectivity index is 0.00000264. The van der Waals surface area contributed by atoms with Crippen LogP contribution in [-0.2, 0) is 4.79 Å². The van der Waals surface area contributed by atoms with Gasteiger partial charge in [-0.25, -0.2) is 4.98 Å². The van der Waals surface area contributed by atoms with E-state index in [0.717, 1.165) is 32.0 Å². The minimum atomic E-state index is 0. The number of nitrogens with zero attached hydrogens (tertiary/aromatic N) is 4. The van der Waals surface area contributed by atoms with Crippen molar-refractivity contribution in [3.8, 4) is 0 Å². The summed E-state index contributed by atoms with van der Waals surface area (Å²) in [5.41, 5.74) is 0. The van der Waals surface area contributed by atoms with Gasteiger partial charge in [-0.15, -0.1) is 24.0 Å². The molecule has 0 bridgehead atoms. The molecule has 1 aliphatic heterocycles. The van der Waals surface area contributed by atoms with E-state index in [1.807, 2.05) is 23.1 Å². The van der Waals surface area contributed by atoms with Gasteiger partial charge in [0.25, 0.3) is 0 Å². The van der Waals surface area contributed by atoms with Gasteiger partial charge in [-0.3, -0.25) is 9.79 Å². The van der Waals surface area contributed by atoms with Gasteiger partial charge in [0.1, 0.15) is 5.82 Å². The van der Waals surface area contributed by atoms with Gasteiger partial charge in [0.15, 0.2) is 5.96 Å². The van der Waals surface area contributed by atoms with Gasteiger partial charge in [-0.05, 0) is 12.1 Å². The third kappa shape index (κ3) is 5.85. The molecule has 0 radical (unpaired) electrons. The van der Waals surface area contributed by atoms with Crippen LogP contribution in [0.3, 0.4) is 0 Å². The number of anilines is 1. The molecule has 1 amide bonds. The number of rotatable bonds is 4. The standard InChI is InChI=1S/C15H24N6O.HI/c1-16-15(17-2)19-8-6-14(22)21-11-9-20(10-12-21)13-5-3-4-7-18-13;/h3-5,7H,6,8-12H2,1-2H3,(H2,16,17,19);1H. The van der Waals surface area contributed by atoms with Gasteiger partial charge in [0.05, 0.1) is 0 Å². The molecular weight excluding hydrogens is 407 g/mol. The monoisotopic (exact) mass is 432 g/mol. The van der Waals surface area contributed by atoms with Crippen molar-refractivity contribution in [3.63, 3.8) is 0 Å². The van der Waals surface area contributed by atoms with Gasteiger partial charge >= 0.3 is 0 Å². The molecule has 0 saturated carbocycles. The number of nitrogens with one attached hydrogen (secondary N) is 2. The van der Waals surface area contributed by atoms with Crippen molar-refractivity contribution in [2.75, 3.05) is 51.7 Å². The van der Waals surface area contributed by atoms with Gasteiger partial charge in [-0.1, -0.05) is 6.07 Å². The number of amides is 1. The third-order valence-corrected chi connectivity index (χ3v) is 3.70. The molecule has 1 fully saturated rings. The van der Waals surface area contributed by atoms with Crippen LogP contribution in [-0.4, -0.2) is 68.6 Å². The van der Waals surface area contributed by atoms with E-state index in [1.54, 1.807) is 20.3 Å². The first-order chi connectivity index (χ1) is 10.7. The number of guanidine groups is 1. The number of hydrogen-bond donors (Lipinski definition) is 2. The Kier molecular flexibility index (Phi) is 8.67. The highest BCUT2D eigenvalue weighted by atomic mass is 127. The summed E-state index contributed by atoms with van der Waals surface area (Å²) in [6.45, 7) is 3.74. The first kappa shape index (κ1) is 19.5. The van der Waals surface area contributed by atoms with E-state index in [9.17, 15) is 4.79 Å². The summed E-state index contributed by atoms with van der Waals surface area (Å²) in [5, 5.41) is 6.02. The molecule has 0 aromatic carbocycles. The summed E-state index contributed by atoms with van der Waals surface area (Å²) < 4.78 is 0. The van der Waals surface area contributed by atoms with E-state index < -0.39 is 0 Å². The van der Waals surface area contributed by atoms with Crippen LogP contribution >= 0.6 is 24.0 Å². The molecule has 1 saturated heterocycles. The zero-order chi connectivity index (χ0) is 15.8. The van der Waals surface area contributed by atoms with Crippen LogP contribution in [0.5, 0.6) is 0 Å². The minimum Gasteiger partial charge on any atom is -0.359 e. The predicted octanol–water partition coefficient (Wildman–Crippen LogP) is 0.533. The van der Waals surface area contributed by atoms with E-state index in [0.29, 0.717) is 18.9 Å². The second-order valence-electron chi connectivity index (χ2n) is 5.05. The smallest absolute Gasteiger partial charge is 0.224 e. The Labute approximate surface area is 154 Å². The van der Waals surface area contributed by atoms with E-state index in [2.05, 4.69) is 25.5 Å². The normalized spacial score (nSPS) is 15.0. The molecule has 8 heteroatoms. The first-order valence-corrected chi connectivity index (χ1v) is 7.56. The van der Waals surface area contributed by atoms with Crippen LogP contribution < -0.4 is 15.5 Å². The van der Waals surface area contributed by atoms with Crippen LogP contribution in [0, 0.1) is 0 Å². The number of aliphatic imine (C=N–C) groups is 1. The average molecular weight is 432 g/mol. The van der Waals surface area contributed by atoms with Crippen LogP contribution in [0.1, 0.15) is 6.42 Å². The van der Waals surface area contributed by atoms with Gasteiger partial charge in [0, 0.05) is 59.4 Å². The summed E-state index contributed by atoms with van der Waals surface area (Å²) >= 11 is 0. The zero-order valence-corrected chi connectivity index (χ0v) is 16.0. The fourth-order valence-corrected chi connectivity index (χ4v) is 2.45. The molecule has 0 spiro atoms. The Bertz CT molecular complexity index is 502. The highest BCUT2D eigenvalue weighted by Gasteiger charge is 2.21.